The van der Waals surface area contributed by atoms with Gasteiger partial charge in [0.1, 0.15) is 0 Å². The fraction of sp³-hybridized carbons (Fsp3) is 0.269. The van der Waals surface area contributed by atoms with Gasteiger partial charge in [0, 0.05) is 10.2 Å². The van der Waals surface area contributed by atoms with E-state index in [0.29, 0.717) is 0 Å². The zero-order chi connectivity index (χ0) is 22.8. The number of rotatable bonds is 2. The maximum absolute atomic E-state index is 4.93. The summed E-state index contributed by atoms with van der Waals surface area (Å²) >= 11 is -0.826. The van der Waals surface area contributed by atoms with Crippen molar-refractivity contribution in [2.45, 2.75) is 46.6 Å². The quantitative estimate of drug-likeness (QED) is 0.178. The van der Waals surface area contributed by atoms with Crippen LogP contribution >= 0.6 is 17.0 Å². The molecule has 4 rings (SSSR count). The van der Waals surface area contributed by atoms with Crippen molar-refractivity contribution in [3.8, 4) is 0 Å². The minimum absolute atomic E-state index is 0.826. The molecule has 0 aliphatic heterocycles. The van der Waals surface area contributed by atoms with E-state index in [1.165, 1.54) is 32.7 Å². The minimum atomic E-state index is -0.826. The van der Waals surface area contributed by atoms with Gasteiger partial charge in [-0.2, -0.15) is 18.6 Å². The number of halogens is 2. The molecule has 0 aliphatic carbocycles. The van der Waals surface area contributed by atoms with Gasteiger partial charge in [0.25, 0.3) is 0 Å². The van der Waals surface area contributed by atoms with Gasteiger partial charge in [-0.25, -0.2) is 0 Å². The number of benzene rings is 2. The molecule has 0 heterocycles. The van der Waals surface area contributed by atoms with Crippen molar-refractivity contribution in [3.05, 3.63) is 90.8 Å². The Kier molecular flexibility index (Phi) is 18.6. The molecular weight excluding hydrogens is 503 g/mol. The monoisotopic (exact) mass is 532 g/mol. The first-order valence-electron chi connectivity index (χ1n) is 10.2. The van der Waals surface area contributed by atoms with Crippen LogP contribution in [0.3, 0.4) is 0 Å². The van der Waals surface area contributed by atoms with E-state index >= 15 is 0 Å². The summed E-state index contributed by atoms with van der Waals surface area (Å²) in [4.78, 5) is 0. The molecule has 4 heteroatoms. The molecule has 4 aromatic carbocycles. The van der Waals surface area contributed by atoms with Crippen LogP contribution in [0, 0.1) is 6.92 Å². The maximum atomic E-state index is 4.93. The topological polar surface area (TPSA) is 0 Å². The third-order valence-electron chi connectivity index (χ3n) is 4.17. The van der Waals surface area contributed by atoms with Crippen LogP contribution in [0.4, 0.5) is 0 Å². The Hall–Kier alpha value is -0.660. The molecule has 0 unspecified atom stereocenters. The summed E-state index contributed by atoms with van der Waals surface area (Å²) in [6, 6.07) is 26.0. The zero-order valence-corrected chi connectivity index (χ0v) is 23.5. The van der Waals surface area contributed by atoms with Crippen LogP contribution in [0.1, 0.15) is 38.3 Å². The molecule has 0 bridgehead atoms. The van der Waals surface area contributed by atoms with E-state index in [4.69, 9.17) is 17.0 Å². The van der Waals surface area contributed by atoms with E-state index in [0.717, 1.165) is 19.3 Å². The fourth-order valence-corrected chi connectivity index (χ4v) is 2.84. The number of hydrogen-bond acceptors (Lipinski definition) is 0. The van der Waals surface area contributed by atoms with Crippen LogP contribution in [0.2, 0.25) is 6.55 Å². The molecule has 0 amide bonds. The second kappa shape index (κ2) is 19.1. The van der Waals surface area contributed by atoms with Gasteiger partial charge < -0.3 is 6.92 Å². The summed E-state index contributed by atoms with van der Waals surface area (Å²) in [6.07, 6.45) is 3.27. The van der Waals surface area contributed by atoms with Crippen LogP contribution in [0.5, 0.6) is 0 Å². The van der Waals surface area contributed by atoms with Gasteiger partial charge in [0.05, 0.1) is 0 Å². The second-order valence-corrected chi connectivity index (χ2v) is 10.00. The molecule has 0 aromatic heterocycles. The molecule has 3 radical (unpaired) electrons. The van der Waals surface area contributed by atoms with E-state index in [1.807, 2.05) is 6.92 Å². The molecule has 0 fully saturated rings. The molecule has 0 saturated heterocycles. The molecule has 161 valence electrons. The van der Waals surface area contributed by atoms with E-state index in [2.05, 4.69) is 104 Å². The van der Waals surface area contributed by atoms with Gasteiger partial charge in [0.15, 0.2) is 0 Å². The molecule has 0 spiro atoms. The van der Waals surface area contributed by atoms with Crippen molar-refractivity contribution >= 4 is 48.8 Å². The van der Waals surface area contributed by atoms with Crippen LogP contribution in [0.25, 0.3) is 21.5 Å². The SMILES string of the molecule is CCc1cc2ccccc2[cH-]1.CCc1cc2ccccc2[cH-]1.C[Si].[CH2-]CC.[Cl][Zr][Cl]. The normalized spacial score (nSPS) is 9.07. The first-order valence-corrected chi connectivity index (χ1v) is 17.5. The van der Waals surface area contributed by atoms with Gasteiger partial charge in [-0.3, -0.25) is 0 Å². The number of aryl methyl sites for hydroxylation is 2. The van der Waals surface area contributed by atoms with Crippen LogP contribution in [-0.4, -0.2) is 10.2 Å². The predicted molar refractivity (Wildman–Crippen MR) is 137 cm³/mol. The molecule has 0 aliphatic rings. The van der Waals surface area contributed by atoms with E-state index in [-0.39, 0.29) is 0 Å². The molecule has 0 atom stereocenters. The predicted octanol–water partition coefficient (Wildman–Crippen LogP) is 9.05. The van der Waals surface area contributed by atoms with Crippen LogP contribution in [0.15, 0.2) is 72.8 Å². The first-order chi connectivity index (χ1) is 14.6. The molecule has 0 nitrogen and oxygen atoms in total. The van der Waals surface area contributed by atoms with E-state index < -0.39 is 20.8 Å². The summed E-state index contributed by atoms with van der Waals surface area (Å²) in [5, 5.41) is 5.46. The van der Waals surface area contributed by atoms with Crippen molar-refractivity contribution in [2.75, 3.05) is 0 Å². The molecule has 30 heavy (non-hydrogen) atoms. The number of hydrogen-bond donors (Lipinski definition) is 0. The Labute approximate surface area is 205 Å². The average Bonchev–Trinajstić information content (AvgIpc) is 3.40. The van der Waals surface area contributed by atoms with Crippen molar-refractivity contribution in [2.24, 2.45) is 0 Å². The van der Waals surface area contributed by atoms with Gasteiger partial charge in [-0.05, 0) is 12.8 Å². The Balaban J connectivity index is 0.000000420. The third kappa shape index (κ3) is 11.1. The van der Waals surface area contributed by atoms with Gasteiger partial charge in [0.2, 0.25) is 0 Å². The summed E-state index contributed by atoms with van der Waals surface area (Å²) < 4.78 is 0. The average molecular weight is 535 g/mol. The summed E-state index contributed by atoms with van der Waals surface area (Å²) in [7, 11) is 12.8. The van der Waals surface area contributed by atoms with Crippen LogP contribution in [-0.2, 0) is 33.7 Å². The standard InChI is InChI=1S/2C11H11.C3H7.CH3Si.2ClH.Zr/c2*1-2-9-7-10-5-3-4-6-11(10)8-9;1-3-2;1-2;;;/h2*3-8H,2H2,1H3;1,3H2,2H3;1H3;2*1H;/q3*-1;;;;+2/p-2. The van der Waals surface area contributed by atoms with Crippen molar-refractivity contribution in [1.82, 2.24) is 0 Å². The fourth-order valence-electron chi connectivity index (χ4n) is 2.84. The van der Waals surface area contributed by atoms with Crippen molar-refractivity contribution in [1.29, 1.82) is 0 Å². The Morgan fingerprint density at radius 3 is 1.33 bits per heavy atom. The Morgan fingerprint density at radius 2 is 1.07 bits per heavy atom. The second-order valence-electron chi connectivity index (χ2n) is 6.26. The summed E-state index contributed by atoms with van der Waals surface area (Å²) in [6.45, 7) is 11.7. The third-order valence-corrected chi connectivity index (χ3v) is 4.17. The van der Waals surface area contributed by atoms with E-state index in [1.54, 1.807) is 6.55 Å². The Morgan fingerprint density at radius 1 is 0.767 bits per heavy atom. The van der Waals surface area contributed by atoms with Crippen molar-refractivity contribution in [3.63, 3.8) is 0 Å². The summed E-state index contributed by atoms with van der Waals surface area (Å²) in [5.74, 6) is 0. The number of fused-ring (bicyclic) bond motifs is 2. The van der Waals surface area contributed by atoms with Gasteiger partial charge in [-0.15, -0.1) is 81.2 Å². The van der Waals surface area contributed by atoms with Crippen molar-refractivity contribution < 1.29 is 20.8 Å². The molecule has 0 saturated carbocycles. The first kappa shape index (κ1) is 29.3. The molecule has 0 N–H and O–H groups in total. The molecule has 4 aromatic rings. The van der Waals surface area contributed by atoms with E-state index in [9.17, 15) is 0 Å². The van der Waals surface area contributed by atoms with Gasteiger partial charge >= 0.3 is 37.9 Å². The van der Waals surface area contributed by atoms with Crippen LogP contribution < -0.4 is 0 Å². The molecular formula is C26H32Cl2SiZr-3. The Bertz CT molecular complexity index is 769. The zero-order valence-electron chi connectivity index (χ0n) is 18.5. The summed E-state index contributed by atoms with van der Waals surface area (Å²) in [5.41, 5.74) is 2.87. The van der Waals surface area contributed by atoms with Gasteiger partial charge in [-0.1, -0.05) is 39.5 Å².